The Kier molecular flexibility index (Phi) is 10.9. The maximum Gasteiger partial charge on any atom is 0.265 e. The summed E-state index contributed by atoms with van der Waals surface area (Å²) in [5.74, 6) is -0.555. The minimum atomic E-state index is -0.606. The summed E-state index contributed by atoms with van der Waals surface area (Å²) in [5, 5.41) is 23.2. The van der Waals surface area contributed by atoms with E-state index in [1.807, 2.05) is 36.4 Å². The lowest BCUT2D eigenvalue weighted by molar-refractivity contribution is -0.122. The number of anilines is 2. The molecular formula is C45H34F2N14O5S2. The first-order valence-corrected chi connectivity index (χ1v) is 22.3. The molecule has 11 rings (SSSR count). The van der Waals surface area contributed by atoms with E-state index in [9.17, 15) is 9.59 Å². The van der Waals surface area contributed by atoms with Crippen LogP contribution < -0.4 is 24.8 Å². The zero-order valence-electron chi connectivity index (χ0n) is 36.0. The van der Waals surface area contributed by atoms with Crippen molar-refractivity contribution in [1.82, 2.24) is 54.4 Å². The molecule has 0 spiro atoms. The number of aromatic nitrogens is 10. The van der Waals surface area contributed by atoms with Crippen molar-refractivity contribution in [3.05, 3.63) is 109 Å². The fourth-order valence-electron chi connectivity index (χ4n) is 7.83. The number of nitrogens with zero attached hydrogens (tertiary/aromatic N) is 13. The van der Waals surface area contributed by atoms with Gasteiger partial charge in [0, 0.05) is 95.0 Å². The second-order valence-electron chi connectivity index (χ2n) is 15.4. The minimum Gasteiger partial charge on any atom is -0.481 e. The van der Waals surface area contributed by atoms with E-state index in [2.05, 4.69) is 45.9 Å². The number of hydrogen-bond donors (Lipinski definition) is 1. The number of ether oxygens (including phenoxy) is 2. The van der Waals surface area contributed by atoms with Crippen molar-refractivity contribution in [2.75, 3.05) is 50.3 Å². The Labute approximate surface area is 391 Å². The molecule has 0 saturated carbocycles. The molecule has 23 heteroatoms. The van der Waals surface area contributed by atoms with Crippen LogP contribution in [0.3, 0.4) is 0 Å². The first kappa shape index (κ1) is 42.6. The highest BCUT2D eigenvalue weighted by molar-refractivity contribution is 7.99. The van der Waals surface area contributed by atoms with E-state index in [1.165, 1.54) is 46.8 Å². The van der Waals surface area contributed by atoms with E-state index in [-0.39, 0.29) is 49.5 Å². The van der Waals surface area contributed by atoms with Gasteiger partial charge in [-0.1, -0.05) is 0 Å². The third-order valence-corrected chi connectivity index (χ3v) is 13.1. The van der Waals surface area contributed by atoms with Gasteiger partial charge >= 0.3 is 0 Å². The maximum absolute atomic E-state index is 15.6. The molecule has 0 bridgehead atoms. The third kappa shape index (κ3) is 7.74. The molecular weight excluding hydrogens is 919 g/mol. The SMILES string of the molecule is CN=CC(=CNOCCN1C(=O)COc2c1cnc1ccc(Sc3nnc4c(F)cc(-c5cnn(C)c5)cn34)cc21)c1cc(F)c2nnc(Sc3ccc4ncc5c(c4c3)OCC(=O)N5C)n2c1. The topological polar surface area (TPSA) is 197 Å². The molecule has 0 atom stereocenters. The van der Waals surface area contributed by atoms with Gasteiger partial charge in [0.25, 0.3) is 11.8 Å². The first-order chi connectivity index (χ1) is 33.1. The third-order valence-electron chi connectivity index (χ3n) is 11.2. The van der Waals surface area contributed by atoms with E-state index >= 15 is 8.78 Å². The van der Waals surface area contributed by atoms with Gasteiger partial charge in [-0.2, -0.15) is 5.10 Å². The number of carbonyl (C=O) groups is 2. The quantitative estimate of drug-likeness (QED) is 0.0826. The Morgan fingerprint density at radius 1 is 0.779 bits per heavy atom. The number of rotatable bonds is 12. The second kappa shape index (κ2) is 17.3. The van der Waals surface area contributed by atoms with Crippen molar-refractivity contribution in [3.63, 3.8) is 0 Å². The van der Waals surface area contributed by atoms with Gasteiger partial charge in [0.05, 0.1) is 42.8 Å². The molecule has 1 N–H and O–H groups in total. The molecule has 2 aliphatic rings. The van der Waals surface area contributed by atoms with Crippen LogP contribution in [0.25, 0.3) is 49.8 Å². The summed E-state index contributed by atoms with van der Waals surface area (Å²) in [4.78, 5) is 49.1. The van der Waals surface area contributed by atoms with Crippen molar-refractivity contribution in [3.8, 4) is 22.6 Å². The molecule has 19 nitrogen and oxygen atoms in total. The summed E-state index contributed by atoms with van der Waals surface area (Å²) in [6.45, 7) is -0.0989. The van der Waals surface area contributed by atoms with E-state index in [4.69, 9.17) is 14.3 Å². The van der Waals surface area contributed by atoms with Gasteiger partial charge in [-0.15, -0.1) is 20.4 Å². The molecule has 0 aliphatic carbocycles. The molecule has 68 heavy (non-hydrogen) atoms. The predicted molar refractivity (Wildman–Crippen MR) is 248 cm³/mol. The number of amides is 2. The molecule has 9 aromatic rings. The standard InChI is InChI=1S/C45H34F2N14O5S2/c1-48-14-26(24-10-32(46)42-53-55-44(60(42)20-24)67-28-4-6-34-30(12-28)40-36(17-49-34)58(3)38(62)22-64-40)16-52-66-9-8-59-37-18-50-35-7-5-29(13-31(35)41(37)65-23-39(59)63)68-45-56-54-43-33(47)11-25(21-61(43)45)27-15-51-57(2)19-27/h4-7,10-21,52H,8-9,22-23H2,1-3H3. The van der Waals surface area contributed by atoms with Crippen molar-refractivity contribution < 1.29 is 32.7 Å². The van der Waals surface area contributed by atoms with Gasteiger partial charge < -0.3 is 19.3 Å². The largest absolute Gasteiger partial charge is 0.481 e. The summed E-state index contributed by atoms with van der Waals surface area (Å²) in [7, 11) is 5.06. The van der Waals surface area contributed by atoms with Gasteiger partial charge in [0.2, 0.25) is 10.3 Å². The normalized spacial score (nSPS) is 14.1. The average Bonchev–Trinajstić information content (AvgIpc) is 4.09. The number of fused-ring (bicyclic) bond motifs is 8. The number of hydroxylamine groups is 1. The summed E-state index contributed by atoms with van der Waals surface area (Å²) in [5.41, 5.74) is 7.59. The molecule has 2 aliphatic heterocycles. The minimum absolute atomic E-state index is 0.0284. The van der Waals surface area contributed by atoms with Gasteiger partial charge in [-0.05, 0) is 72.1 Å². The van der Waals surface area contributed by atoms with Crippen LogP contribution >= 0.6 is 23.5 Å². The average molecular weight is 953 g/mol. The van der Waals surface area contributed by atoms with Crippen LogP contribution in [0.2, 0.25) is 0 Å². The highest BCUT2D eigenvalue weighted by Gasteiger charge is 2.29. The maximum atomic E-state index is 15.6. The van der Waals surface area contributed by atoms with Crippen LogP contribution in [0.15, 0.2) is 117 Å². The summed E-state index contributed by atoms with van der Waals surface area (Å²) < 4.78 is 47.4. The van der Waals surface area contributed by atoms with Crippen LogP contribution in [0.5, 0.6) is 11.5 Å². The van der Waals surface area contributed by atoms with Crippen LogP contribution in [0.4, 0.5) is 20.2 Å². The molecule has 0 radical (unpaired) electrons. The Hall–Kier alpha value is -8.02. The Balaban J connectivity index is 0.790. The highest BCUT2D eigenvalue weighted by Crippen LogP contribution is 2.42. The van der Waals surface area contributed by atoms with E-state index in [0.717, 1.165) is 20.7 Å². The summed E-state index contributed by atoms with van der Waals surface area (Å²) in [6.07, 6.45) is 13.2. The Morgan fingerprint density at radius 3 is 2.07 bits per heavy atom. The number of likely N-dealkylation sites (N-methyl/N-ethyl adjacent to an activating group) is 1. The zero-order valence-corrected chi connectivity index (χ0v) is 37.6. The van der Waals surface area contributed by atoms with Gasteiger partial charge in [0.15, 0.2) is 47.6 Å². The number of pyridine rings is 4. The molecule has 2 aromatic carbocycles. The molecule has 0 unspecified atom stereocenters. The number of nitrogens with one attached hydrogen (secondary N) is 1. The number of allylic oxidation sites excluding steroid dienone is 1. The fourth-order valence-corrected chi connectivity index (χ4v) is 9.52. The first-order valence-electron chi connectivity index (χ1n) is 20.7. The number of benzene rings is 2. The summed E-state index contributed by atoms with van der Waals surface area (Å²) in [6, 6.07) is 13.9. The van der Waals surface area contributed by atoms with Crippen LogP contribution in [0, 0.1) is 11.6 Å². The highest BCUT2D eigenvalue weighted by atomic mass is 32.2. The van der Waals surface area contributed by atoms with E-state index in [0.29, 0.717) is 66.3 Å². The molecule has 340 valence electrons. The Bertz CT molecular complexity index is 3600. The van der Waals surface area contributed by atoms with Crippen LogP contribution in [0.1, 0.15) is 5.56 Å². The van der Waals surface area contributed by atoms with E-state index in [1.54, 1.807) is 82.9 Å². The van der Waals surface area contributed by atoms with Crippen molar-refractivity contribution in [2.24, 2.45) is 12.0 Å². The lowest BCUT2D eigenvalue weighted by atomic mass is 10.1. The number of hydrogen-bond acceptors (Lipinski definition) is 16. The molecule has 0 saturated heterocycles. The number of aliphatic imine (C=N–C) groups is 1. The van der Waals surface area contributed by atoms with Crippen LogP contribution in [-0.2, 0) is 21.5 Å². The van der Waals surface area contributed by atoms with Gasteiger partial charge in [0.1, 0.15) is 11.4 Å². The molecule has 9 heterocycles. The van der Waals surface area contributed by atoms with Crippen molar-refractivity contribution >= 4 is 91.6 Å². The number of carbonyl (C=O) groups excluding carboxylic acids is 2. The van der Waals surface area contributed by atoms with Gasteiger partial charge in [-0.25, -0.2) is 8.78 Å². The van der Waals surface area contributed by atoms with Crippen molar-refractivity contribution in [1.29, 1.82) is 0 Å². The monoisotopic (exact) mass is 952 g/mol. The second-order valence-corrected chi connectivity index (χ2v) is 17.5. The predicted octanol–water partition coefficient (Wildman–Crippen LogP) is 6.19. The lowest BCUT2D eigenvalue weighted by Crippen LogP contribution is -2.41. The summed E-state index contributed by atoms with van der Waals surface area (Å²) >= 11 is 2.56. The van der Waals surface area contributed by atoms with E-state index < -0.39 is 11.6 Å². The van der Waals surface area contributed by atoms with Crippen LogP contribution in [-0.4, -0.2) is 107 Å². The van der Waals surface area contributed by atoms with Crippen molar-refractivity contribution in [2.45, 2.75) is 20.1 Å². The molecule has 0 fully saturated rings. The fraction of sp³-hybridized carbons (Fsp3) is 0.156. The number of aryl methyl sites for hydroxylation is 1. The zero-order chi connectivity index (χ0) is 46.6. The lowest BCUT2D eigenvalue weighted by Gasteiger charge is -2.29. The molecule has 7 aromatic heterocycles. The molecule has 2 amide bonds. The number of halogens is 2. The smallest absolute Gasteiger partial charge is 0.265 e. The Morgan fingerprint density at radius 2 is 1.41 bits per heavy atom. The van der Waals surface area contributed by atoms with Gasteiger partial charge in [-0.3, -0.25) is 48.4 Å².